The van der Waals surface area contributed by atoms with Gasteiger partial charge >= 0.3 is 0 Å². The van der Waals surface area contributed by atoms with Crippen LogP contribution in [0.2, 0.25) is 0 Å². The first-order chi connectivity index (χ1) is 8.97. The topological polar surface area (TPSA) is 24.9 Å². The highest BCUT2D eigenvalue weighted by molar-refractivity contribution is 9.10. The van der Waals surface area contributed by atoms with E-state index in [0.29, 0.717) is 11.6 Å². The first-order valence-electron chi connectivity index (χ1n) is 6.12. The van der Waals surface area contributed by atoms with Crippen molar-refractivity contribution in [3.63, 3.8) is 0 Å². The molecule has 1 N–H and O–H groups in total. The Morgan fingerprint density at radius 2 is 2.16 bits per heavy atom. The highest BCUT2D eigenvalue weighted by Gasteiger charge is 2.13. The lowest BCUT2D eigenvalue weighted by Gasteiger charge is -2.05. The van der Waals surface area contributed by atoms with Crippen molar-refractivity contribution in [3.8, 4) is 10.6 Å². The van der Waals surface area contributed by atoms with E-state index >= 15 is 0 Å². The Morgan fingerprint density at radius 1 is 1.42 bits per heavy atom. The molecule has 2 rings (SSSR count). The van der Waals surface area contributed by atoms with Gasteiger partial charge in [-0.05, 0) is 25.1 Å². The lowest BCUT2D eigenvalue weighted by atomic mass is 10.2. The molecule has 0 aliphatic rings. The monoisotopic (exact) mass is 342 g/mol. The molecule has 0 saturated carbocycles. The van der Waals surface area contributed by atoms with Crippen LogP contribution in [0.3, 0.4) is 0 Å². The third kappa shape index (κ3) is 3.61. The molecule has 0 spiro atoms. The highest BCUT2D eigenvalue weighted by atomic mass is 79.9. The fourth-order valence-electron chi connectivity index (χ4n) is 1.67. The van der Waals surface area contributed by atoms with Gasteiger partial charge in [-0.3, -0.25) is 0 Å². The molecule has 0 atom stereocenters. The second-order valence-corrected chi connectivity index (χ2v) is 6.69. The van der Waals surface area contributed by atoms with Crippen molar-refractivity contribution in [3.05, 3.63) is 39.1 Å². The average molecular weight is 343 g/mol. The minimum atomic E-state index is -0.244. The summed E-state index contributed by atoms with van der Waals surface area (Å²) in [7, 11) is 0. The molecule has 1 aromatic heterocycles. The lowest BCUT2D eigenvalue weighted by Crippen LogP contribution is -2.21. The van der Waals surface area contributed by atoms with Crippen LogP contribution in [-0.4, -0.2) is 11.0 Å². The number of hydrogen-bond donors (Lipinski definition) is 1. The molecule has 5 heteroatoms. The molecule has 0 radical (unpaired) electrons. The Labute approximate surface area is 125 Å². The maximum Gasteiger partial charge on any atom is 0.134 e. The summed E-state index contributed by atoms with van der Waals surface area (Å²) in [4.78, 5) is 5.63. The van der Waals surface area contributed by atoms with Gasteiger partial charge in [0, 0.05) is 27.5 Å². The van der Waals surface area contributed by atoms with Crippen LogP contribution in [0.25, 0.3) is 10.6 Å². The van der Waals surface area contributed by atoms with E-state index in [2.05, 4.69) is 40.1 Å². The Bertz CT molecular complexity index is 581. The minimum absolute atomic E-state index is 0.244. The van der Waals surface area contributed by atoms with Crippen LogP contribution in [0.15, 0.2) is 22.7 Å². The largest absolute Gasteiger partial charge is 0.310 e. The average Bonchev–Trinajstić information content (AvgIpc) is 2.67. The Hall–Kier alpha value is -0.780. The van der Waals surface area contributed by atoms with Gasteiger partial charge in [0.2, 0.25) is 0 Å². The van der Waals surface area contributed by atoms with Gasteiger partial charge in [-0.15, -0.1) is 11.3 Å². The minimum Gasteiger partial charge on any atom is -0.310 e. The van der Waals surface area contributed by atoms with Crippen molar-refractivity contribution >= 4 is 27.3 Å². The van der Waals surface area contributed by atoms with Gasteiger partial charge in [-0.1, -0.05) is 29.8 Å². The van der Waals surface area contributed by atoms with Crippen molar-refractivity contribution in [2.45, 2.75) is 33.4 Å². The molecule has 1 heterocycles. The molecule has 0 bridgehead atoms. The van der Waals surface area contributed by atoms with Crippen molar-refractivity contribution in [1.29, 1.82) is 0 Å². The first-order valence-corrected chi connectivity index (χ1v) is 7.73. The van der Waals surface area contributed by atoms with Crippen molar-refractivity contribution < 1.29 is 4.39 Å². The van der Waals surface area contributed by atoms with E-state index in [1.54, 1.807) is 17.4 Å². The van der Waals surface area contributed by atoms with E-state index in [0.717, 1.165) is 26.6 Å². The molecular formula is C14H16BrFN2S. The van der Waals surface area contributed by atoms with E-state index in [9.17, 15) is 4.39 Å². The molecule has 1 aromatic carbocycles. The summed E-state index contributed by atoms with van der Waals surface area (Å²) < 4.78 is 14.7. The molecule has 2 nitrogen and oxygen atoms in total. The highest BCUT2D eigenvalue weighted by Crippen LogP contribution is 2.31. The second kappa shape index (κ2) is 6.11. The molecule has 0 unspecified atom stereocenters. The summed E-state index contributed by atoms with van der Waals surface area (Å²) in [6.45, 7) is 6.95. The standard InChI is InChI=1S/C14H16BrFN2S/c1-8(2)17-7-13-9(3)18-14(19-13)11-5-4-10(15)6-12(11)16/h4-6,8,17H,7H2,1-3H3. The molecular weight excluding hydrogens is 327 g/mol. The number of aromatic nitrogens is 1. The van der Waals surface area contributed by atoms with Gasteiger partial charge in [0.15, 0.2) is 0 Å². The lowest BCUT2D eigenvalue weighted by molar-refractivity contribution is 0.591. The molecule has 0 amide bonds. The third-order valence-corrected chi connectivity index (χ3v) is 4.41. The van der Waals surface area contributed by atoms with E-state index in [1.807, 2.05) is 13.0 Å². The number of aryl methyl sites for hydroxylation is 1. The number of benzene rings is 1. The summed E-state index contributed by atoms with van der Waals surface area (Å²) >= 11 is 4.81. The SMILES string of the molecule is Cc1nc(-c2ccc(Br)cc2F)sc1CNC(C)C. The van der Waals surface area contributed by atoms with Crippen LogP contribution >= 0.6 is 27.3 Å². The van der Waals surface area contributed by atoms with Crippen LogP contribution in [0.5, 0.6) is 0 Å². The first kappa shape index (κ1) is 14.6. The number of rotatable bonds is 4. The predicted molar refractivity (Wildman–Crippen MR) is 81.9 cm³/mol. The van der Waals surface area contributed by atoms with Crippen LogP contribution in [0.4, 0.5) is 4.39 Å². The van der Waals surface area contributed by atoms with Gasteiger partial charge < -0.3 is 5.32 Å². The van der Waals surface area contributed by atoms with Gasteiger partial charge in [0.25, 0.3) is 0 Å². The van der Waals surface area contributed by atoms with Crippen LogP contribution < -0.4 is 5.32 Å². The zero-order valence-electron chi connectivity index (χ0n) is 11.1. The summed E-state index contributed by atoms with van der Waals surface area (Å²) in [5.74, 6) is -0.244. The Morgan fingerprint density at radius 3 is 2.79 bits per heavy atom. The third-order valence-electron chi connectivity index (χ3n) is 2.73. The molecule has 0 aliphatic carbocycles. The normalized spacial score (nSPS) is 11.3. The number of nitrogens with zero attached hydrogens (tertiary/aromatic N) is 1. The van der Waals surface area contributed by atoms with Crippen molar-refractivity contribution in [2.75, 3.05) is 0 Å². The molecule has 0 fully saturated rings. The number of nitrogens with one attached hydrogen (secondary N) is 1. The fraction of sp³-hybridized carbons (Fsp3) is 0.357. The quantitative estimate of drug-likeness (QED) is 0.883. The van der Waals surface area contributed by atoms with E-state index in [1.165, 1.54) is 6.07 Å². The number of hydrogen-bond acceptors (Lipinski definition) is 3. The molecule has 19 heavy (non-hydrogen) atoms. The molecule has 2 aromatic rings. The van der Waals surface area contributed by atoms with Crippen molar-refractivity contribution in [1.82, 2.24) is 10.3 Å². The molecule has 0 aliphatic heterocycles. The fourth-order valence-corrected chi connectivity index (χ4v) is 3.04. The number of thiazole rings is 1. The predicted octanol–water partition coefficient (Wildman–Crippen LogP) is 4.52. The maximum absolute atomic E-state index is 13.9. The molecule has 102 valence electrons. The van der Waals surface area contributed by atoms with Gasteiger partial charge in [-0.2, -0.15) is 0 Å². The van der Waals surface area contributed by atoms with E-state index in [-0.39, 0.29) is 5.82 Å². The smallest absolute Gasteiger partial charge is 0.134 e. The van der Waals surface area contributed by atoms with Crippen LogP contribution in [0, 0.1) is 12.7 Å². The second-order valence-electron chi connectivity index (χ2n) is 4.69. The Balaban J connectivity index is 2.28. The van der Waals surface area contributed by atoms with Gasteiger partial charge in [-0.25, -0.2) is 9.37 Å². The maximum atomic E-state index is 13.9. The van der Waals surface area contributed by atoms with Crippen molar-refractivity contribution in [2.24, 2.45) is 0 Å². The Kier molecular flexibility index (Phi) is 4.71. The zero-order chi connectivity index (χ0) is 14.0. The van der Waals surface area contributed by atoms with Crippen LogP contribution in [0.1, 0.15) is 24.4 Å². The van der Waals surface area contributed by atoms with E-state index in [4.69, 9.17) is 0 Å². The van der Waals surface area contributed by atoms with Crippen LogP contribution in [-0.2, 0) is 6.54 Å². The van der Waals surface area contributed by atoms with E-state index < -0.39 is 0 Å². The summed E-state index contributed by atoms with van der Waals surface area (Å²) in [6.07, 6.45) is 0. The zero-order valence-corrected chi connectivity index (χ0v) is 13.5. The van der Waals surface area contributed by atoms with Gasteiger partial charge in [0.1, 0.15) is 10.8 Å². The summed E-state index contributed by atoms with van der Waals surface area (Å²) in [6, 6.07) is 5.49. The van der Waals surface area contributed by atoms with Gasteiger partial charge in [0.05, 0.1) is 5.69 Å². The molecule has 0 saturated heterocycles. The number of halogens is 2. The summed E-state index contributed by atoms with van der Waals surface area (Å²) in [5, 5.41) is 4.10. The summed E-state index contributed by atoms with van der Waals surface area (Å²) in [5.41, 5.74) is 1.53.